The topological polar surface area (TPSA) is 63.2 Å². The molecule has 0 atom stereocenters. The number of carbonyl (C=O) groups is 1. The molecule has 1 amide bonds. The normalized spacial score (nSPS) is 14.3. The number of allylic oxidation sites excluding steroid dienone is 1. The Hall–Kier alpha value is -2.40. The molecule has 0 unspecified atom stereocenters. The molecule has 1 aliphatic rings. The quantitative estimate of drug-likeness (QED) is 0.872. The van der Waals surface area contributed by atoms with Crippen LogP contribution in [0.5, 0.6) is 0 Å². The molecular weight excluding hydrogens is 346 g/mol. The number of sulfonamides is 1. The fourth-order valence-electron chi connectivity index (χ4n) is 3.26. The van der Waals surface area contributed by atoms with Gasteiger partial charge in [0, 0.05) is 6.42 Å². The van der Waals surface area contributed by atoms with Crippen LogP contribution in [0.3, 0.4) is 0 Å². The number of nitrogens with one attached hydrogen (secondary N) is 1. The van der Waals surface area contributed by atoms with Gasteiger partial charge in [-0.25, -0.2) is 13.1 Å². The first-order valence-electron chi connectivity index (χ1n) is 8.68. The van der Waals surface area contributed by atoms with E-state index in [1.165, 1.54) is 0 Å². The van der Waals surface area contributed by atoms with Gasteiger partial charge < -0.3 is 0 Å². The molecule has 0 saturated heterocycles. The Labute approximate surface area is 155 Å². The Bertz CT molecular complexity index is 944. The van der Waals surface area contributed by atoms with E-state index in [-0.39, 0.29) is 11.3 Å². The van der Waals surface area contributed by atoms with E-state index < -0.39 is 21.3 Å². The van der Waals surface area contributed by atoms with Crippen molar-refractivity contribution in [1.29, 1.82) is 0 Å². The Kier molecular flexibility index (Phi) is 5.01. The minimum Gasteiger partial charge on any atom is -0.274 e. The molecular formula is C21H23NO3S. The van der Waals surface area contributed by atoms with Gasteiger partial charge >= 0.3 is 0 Å². The lowest BCUT2D eigenvalue weighted by molar-refractivity contribution is -0.120. The van der Waals surface area contributed by atoms with Crippen LogP contribution in [0.4, 0.5) is 0 Å². The Morgan fingerprint density at radius 2 is 1.65 bits per heavy atom. The summed E-state index contributed by atoms with van der Waals surface area (Å²) in [5, 5.41) is 0. The summed E-state index contributed by atoms with van der Waals surface area (Å²) in [5.74, 6) is -0.487. The Balaban J connectivity index is 1.74. The highest BCUT2D eigenvalue weighted by molar-refractivity contribution is 7.94. The average molecular weight is 369 g/mol. The summed E-state index contributed by atoms with van der Waals surface area (Å²) in [7, 11) is -3.82. The van der Waals surface area contributed by atoms with Crippen molar-refractivity contribution in [2.24, 2.45) is 0 Å². The zero-order chi connectivity index (χ0) is 18.8. The number of carbonyl (C=O) groups excluding carboxylic acids is 1. The molecule has 0 fully saturated rings. The van der Waals surface area contributed by atoms with Crippen molar-refractivity contribution in [3.05, 3.63) is 76.2 Å². The van der Waals surface area contributed by atoms with Gasteiger partial charge in [-0.15, -0.1) is 0 Å². The van der Waals surface area contributed by atoms with Crippen molar-refractivity contribution in [3.8, 4) is 0 Å². The second-order valence-electron chi connectivity index (χ2n) is 7.26. The van der Waals surface area contributed by atoms with E-state index in [4.69, 9.17) is 0 Å². The monoisotopic (exact) mass is 369 g/mol. The smallest absolute Gasteiger partial charge is 0.260 e. The molecule has 26 heavy (non-hydrogen) atoms. The molecule has 0 aromatic heterocycles. The summed E-state index contributed by atoms with van der Waals surface area (Å²) in [6.07, 6.45) is 2.82. The Morgan fingerprint density at radius 1 is 1.00 bits per heavy atom. The molecule has 1 N–H and O–H groups in total. The molecule has 1 aliphatic carbocycles. The minimum atomic E-state index is -3.82. The maximum atomic E-state index is 12.6. The van der Waals surface area contributed by atoms with E-state index in [9.17, 15) is 13.2 Å². The highest BCUT2D eigenvalue weighted by Gasteiger charge is 2.28. The SMILES string of the molecule is CC(C)(CC(=O)NS(=O)(=O)C1=Cc2ccccc2CC1)c1ccccc1. The van der Waals surface area contributed by atoms with Gasteiger partial charge in [0.1, 0.15) is 0 Å². The van der Waals surface area contributed by atoms with Gasteiger partial charge in [0.25, 0.3) is 10.0 Å². The number of hydrogen-bond donors (Lipinski definition) is 1. The zero-order valence-electron chi connectivity index (χ0n) is 15.0. The second-order valence-corrected chi connectivity index (χ2v) is 9.00. The van der Waals surface area contributed by atoms with Crippen molar-refractivity contribution >= 4 is 22.0 Å². The lowest BCUT2D eigenvalue weighted by Gasteiger charge is -2.25. The summed E-state index contributed by atoms with van der Waals surface area (Å²) < 4.78 is 27.5. The van der Waals surface area contributed by atoms with E-state index in [1.54, 1.807) is 6.08 Å². The maximum Gasteiger partial charge on any atom is 0.260 e. The molecule has 5 heteroatoms. The van der Waals surface area contributed by atoms with Gasteiger partial charge in [-0.2, -0.15) is 0 Å². The van der Waals surface area contributed by atoms with Crippen molar-refractivity contribution in [3.63, 3.8) is 0 Å². The van der Waals surface area contributed by atoms with Crippen molar-refractivity contribution in [1.82, 2.24) is 4.72 Å². The van der Waals surface area contributed by atoms with Crippen molar-refractivity contribution in [2.75, 3.05) is 0 Å². The third-order valence-corrected chi connectivity index (χ3v) is 6.27. The van der Waals surface area contributed by atoms with E-state index >= 15 is 0 Å². The second kappa shape index (κ2) is 7.08. The molecule has 136 valence electrons. The Morgan fingerprint density at radius 3 is 2.38 bits per heavy atom. The van der Waals surface area contributed by atoms with Gasteiger partial charge in [0.15, 0.2) is 0 Å². The largest absolute Gasteiger partial charge is 0.274 e. The number of amides is 1. The highest BCUT2D eigenvalue weighted by atomic mass is 32.2. The van der Waals surface area contributed by atoms with Gasteiger partial charge in [-0.05, 0) is 41.0 Å². The van der Waals surface area contributed by atoms with Gasteiger partial charge in [0.2, 0.25) is 5.91 Å². The first-order chi connectivity index (χ1) is 12.3. The fraction of sp³-hybridized carbons (Fsp3) is 0.286. The van der Waals surface area contributed by atoms with Crippen LogP contribution < -0.4 is 4.72 Å². The molecule has 0 bridgehead atoms. The van der Waals surface area contributed by atoms with Crippen molar-refractivity contribution in [2.45, 2.75) is 38.5 Å². The summed E-state index contributed by atoms with van der Waals surface area (Å²) in [5.41, 5.74) is 2.58. The molecule has 0 radical (unpaired) electrons. The predicted octanol–water partition coefficient (Wildman–Crippen LogP) is 3.79. The number of hydrogen-bond acceptors (Lipinski definition) is 3. The lowest BCUT2D eigenvalue weighted by Crippen LogP contribution is -2.36. The predicted molar refractivity (Wildman–Crippen MR) is 104 cm³/mol. The molecule has 0 saturated carbocycles. The van der Waals surface area contributed by atoms with Crippen LogP contribution in [-0.2, 0) is 26.7 Å². The van der Waals surface area contributed by atoms with E-state index in [0.717, 1.165) is 16.7 Å². The maximum absolute atomic E-state index is 12.6. The fourth-order valence-corrected chi connectivity index (χ4v) is 4.42. The highest BCUT2D eigenvalue weighted by Crippen LogP contribution is 2.28. The van der Waals surface area contributed by atoms with Crippen LogP contribution in [0.1, 0.15) is 43.4 Å². The number of rotatable bonds is 5. The third kappa shape index (κ3) is 4.05. The van der Waals surface area contributed by atoms with Crippen LogP contribution in [0, 0.1) is 0 Å². The number of benzene rings is 2. The zero-order valence-corrected chi connectivity index (χ0v) is 15.8. The van der Waals surface area contributed by atoms with E-state index in [1.807, 2.05) is 68.4 Å². The molecule has 4 nitrogen and oxygen atoms in total. The summed E-state index contributed by atoms with van der Waals surface area (Å²) in [6, 6.07) is 17.3. The number of fused-ring (bicyclic) bond motifs is 1. The van der Waals surface area contributed by atoms with Gasteiger partial charge in [-0.1, -0.05) is 68.4 Å². The molecule has 0 aliphatic heterocycles. The van der Waals surface area contributed by atoms with Crippen LogP contribution in [0.15, 0.2) is 59.5 Å². The summed E-state index contributed by atoms with van der Waals surface area (Å²) in [4.78, 5) is 12.7. The van der Waals surface area contributed by atoms with Crippen LogP contribution in [-0.4, -0.2) is 14.3 Å². The number of aryl methyl sites for hydroxylation is 1. The van der Waals surface area contributed by atoms with E-state index in [2.05, 4.69) is 4.72 Å². The van der Waals surface area contributed by atoms with Crippen LogP contribution >= 0.6 is 0 Å². The molecule has 3 rings (SSSR count). The molecule has 0 heterocycles. The summed E-state index contributed by atoms with van der Waals surface area (Å²) in [6.45, 7) is 3.87. The standard InChI is InChI=1S/C21H23NO3S/c1-21(2,18-10-4-3-5-11-18)15-20(23)22-26(24,25)19-13-12-16-8-6-7-9-17(16)14-19/h3-11,14H,12-13,15H2,1-2H3,(H,22,23). The lowest BCUT2D eigenvalue weighted by atomic mass is 9.81. The summed E-state index contributed by atoms with van der Waals surface area (Å²) >= 11 is 0. The third-order valence-electron chi connectivity index (χ3n) is 4.76. The molecule has 0 spiro atoms. The van der Waals surface area contributed by atoms with Crippen LogP contribution in [0.2, 0.25) is 0 Å². The van der Waals surface area contributed by atoms with E-state index in [0.29, 0.717) is 12.8 Å². The molecule has 2 aromatic rings. The first-order valence-corrected chi connectivity index (χ1v) is 10.2. The minimum absolute atomic E-state index is 0.0973. The van der Waals surface area contributed by atoms with Crippen LogP contribution in [0.25, 0.3) is 6.08 Å². The van der Waals surface area contributed by atoms with Gasteiger partial charge in [-0.3, -0.25) is 4.79 Å². The first kappa shape index (κ1) is 18.4. The van der Waals surface area contributed by atoms with Gasteiger partial charge in [0.05, 0.1) is 4.91 Å². The van der Waals surface area contributed by atoms with Crippen molar-refractivity contribution < 1.29 is 13.2 Å². The molecule has 2 aromatic carbocycles. The average Bonchev–Trinajstić information content (AvgIpc) is 2.61.